The molecule has 0 aromatic heterocycles. The molecule has 0 spiro atoms. The molecule has 0 aliphatic carbocycles. The second-order valence-corrected chi connectivity index (χ2v) is 7.77. The summed E-state index contributed by atoms with van der Waals surface area (Å²) in [5.41, 5.74) is 11.4. The Balaban J connectivity index is 0.000000311. The fourth-order valence-corrected chi connectivity index (χ4v) is 2.46. The van der Waals surface area contributed by atoms with Gasteiger partial charge >= 0.3 is 11.9 Å². The summed E-state index contributed by atoms with van der Waals surface area (Å²) in [6, 6.07) is 5.59. The number of methoxy groups -OCH3 is 2. The van der Waals surface area contributed by atoms with Gasteiger partial charge in [-0.2, -0.15) is 0 Å². The predicted octanol–water partition coefficient (Wildman–Crippen LogP) is 4.52. The van der Waals surface area contributed by atoms with Gasteiger partial charge in [-0.1, -0.05) is 23.2 Å². The number of carboxylic acids is 1. The lowest BCUT2D eigenvalue weighted by molar-refractivity contribution is 0.00663. The lowest BCUT2D eigenvalue weighted by Crippen LogP contribution is -2.24. The number of carbonyl (C=O) groups excluding carboxylic acids is 1. The SMILES string of the molecule is COc1cc(N)c(Cl)cc1C(=O)O.COc1cc(N)c(Cl)cc1C(=O)OC(C)(C)C. The van der Waals surface area contributed by atoms with E-state index in [1.807, 2.05) is 0 Å². The molecule has 164 valence electrons. The van der Waals surface area contributed by atoms with Crippen molar-refractivity contribution in [2.75, 3.05) is 25.7 Å². The van der Waals surface area contributed by atoms with Crippen LogP contribution in [-0.2, 0) is 4.74 Å². The Bertz CT molecular complexity index is 942. The minimum atomic E-state index is -1.10. The maximum absolute atomic E-state index is 11.9. The molecule has 10 heteroatoms. The van der Waals surface area contributed by atoms with Gasteiger partial charge in [-0.3, -0.25) is 0 Å². The van der Waals surface area contributed by atoms with Crippen LogP contribution in [0.5, 0.6) is 11.5 Å². The van der Waals surface area contributed by atoms with E-state index in [-0.39, 0.29) is 21.9 Å². The van der Waals surface area contributed by atoms with Crippen LogP contribution in [0.3, 0.4) is 0 Å². The topological polar surface area (TPSA) is 134 Å². The number of carbonyl (C=O) groups is 2. The number of halogens is 2. The number of nitrogen functional groups attached to an aromatic ring is 2. The van der Waals surface area contributed by atoms with Gasteiger partial charge in [0, 0.05) is 12.1 Å². The van der Waals surface area contributed by atoms with Crippen molar-refractivity contribution >= 4 is 46.5 Å². The van der Waals surface area contributed by atoms with Crippen LogP contribution in [0.2, 0.25) is 10.0 Å². The van der Waals surface area contributed by atoms with Crippen molar-refractivity contribution in [3.63, 3.8) is 0 Å². The fourth-order valence-electron chi connectivity index (χ4n) is 2.14. The van der Waals surface area contributed by atoms with Crippen LogP contribution in [0, 0.1) is 0 Å². The third-order valence-corrected chi connectivity index (χ3v) is 4.14. The zero-order valence-electron chi connectivity index (χ0n) is 17.2. The highest BCUT2D eigenvalue weighted by Crippen LogP contribution is 2.30. The maximum Gasteiger partial charge on any atom is 0.342 e. The average Bonchev–Trinajstić information content (AvgIpc) is 2.64. The molecule has 0 radical (unpaired) electrons. The molecular formula is C20H24Cl2N2O6. The minimum absolute atomic E-state index is 0.00157. The van der Waals surface area contributed by atoms with Crippen LogP contribution in [0.4, 0.5) is 11.4 Å². The van der Waals surface area contributed by atoms with Crippen LogP contribution in [0.15, 0.2) is 24.3 Å². The highest BCUT2D eigenvalue weighted by atomic mass is 35.5. The van der Waals surface area contributed by atoms with Gasteiger partial charge in [0.15, 0.2) is 0 Å². The Morgan fingerprint density at radius 3 is 1.63 bits per heavy atom. The van der Waals surface area contributed by atoms with Crippen molar-refractivity contribution in [1.29, 1.82) is 0 Å². The van der Waals surface area contributed by atoms with E-state index >= 15 is 0 Å². The monoisotopic (exact) mass is 458 g/mol. The largest absolute Gasteiger partial charge is 0.496 e. The second kappa shape index (κ2) is 10.3. The maximum atomic E-state index is 11.9. The third-order valence-electron chi connectivity index (χ3n) is 3.49. The van der Waals surface area contributed by atoms with Crippen molar-refractivity contribution in [2.24, 2.45) is 0 Å². The van der Waals surface area contributed by atoms with Crippen LogP contribution >= 0.6 is 23.2 Å². The van der Waals surface area contributed by atoms with E-state index in [2.05, 4.69) is 0 Å². The van der Waals surface area contributed by atoms with Gasteiger partial charge in [-0.05, 0) is 32.9 Å². The minimum Gasteiger partial charge on any atom is -0.496 e. The lowest BCUT2D eigenvalue weighted by Gasteiger charge is -2.20. The summed E-state index contributed by atoms with van der Waals surface area (Å²) in [6.07, 6.45) is 0. The molecule has 0 aliphatic heterocycles. The molecule has 0 fully saturated rings. The molecule has 2 aromatic carbocycles. The molecule has 0 unspecified atom stereocenters. The third kappa shape index (κ3) is 6.89. The van der Waals surface area contributed by atoms with E-state index < -0.39 is 17.5 Å². The van der Waals surface area contributed by atoms with Crippen LogP contribution in [-0.4, -0.2) is 36.9 Å². The van der Waals surface area contributed by atoms with E-state index in [9.17, 15) is 9.59 Å². The molecule has 0 amide bonds. The van der Waals surface area contributed by atoms with Gasteiger partial charge in [0.25, 0.3) is 0 Å². The Labute approximate surface area is 184 Å². The van der Waals surface area contributed by atoms with E-state index in [0.717, 1.165) is 0 Å². The Morgan fingerprint density at radius 2 is 1.27 bits per heavy atom. The fraction of sp³-hybridized carbons (Fsp3) is 0.300. The molecule has 2 rings (SSSR count). The number of carboxylic acid groups (broad SMARTS) is 1. The molecule has 0 saturated carbocycles. The molecule has 0 aliphatic rings. The van der Waals surface area contributed by atoms with Gasteiger partial charge in [0.2, 0.25) is 0 Å². The van der Waals surface area contributed by atoms with Gasteiger partial charge in [-0.15, -0.1) is 0 Å². The zero-order valence-corrected chi connectivity index (χ0v) is 18.7. The Morgan fingerprint density at radius 1 is 0.867 bits per heavy atom. The normalized spacial score (nSPS) is 10.5. The molecule has 0 atom stereocenters. The smallest absolute Gasteiger partial charge is 0.342 e. The summed E-state index contributed by atoms with van der Waals surface area (Å²) in [7, 11) is 2.83. The number of ether oxygens (including phenoxy) is 3. The molecule has 8 nitrogen and oxygen atoms in total. The number of rotatable bonds is 4. The molecule has 0 bridgehead atoms. The summed E-state index contributed by atoms with van der Waals surface area (Å²) >= 11 is 11.5. The quantitative estimate of drug-likeness (QED) is 0.449. The second-order valence-electron chi connectivity index (χ2n) is 6.96. The number of anilines is 2. The first kappa shape index (κ1) is 25.2. The van der Waals surface area contributed by atoms with Gasteiger partial charge in [-0.25, -0.2) is 9.59 Å². The summed E-state index contributed by atoms with van der Waals surface area (Å²) in [5, 5.41) is 9.24. The number of aromatic carboxylic acids is 1. The first-order valence-corrected chi connectivity index (χ1v) is 9.29. The molecular weight excluding hydrogens is 435 g/mol. The molecule has 30 heavy (non-hydrogen) atoms. The number of nitrogens with two attached hydrogens (primary N) is 2. The number of hydrogen-bond donors (Lipinski definition) is 3. The Hall–Kier alpha value is -2.84. The summed E-state index contributed by atoms with van der Waals surface area (Å²) in [4.78, 5) is 22.6. The lowest BCUT2D eigenvalue weighted by atomic mass is 10.1. The molecule has 0 heterocycles. The standard InChI is InChI=1S/C12H16ClNO3.C8H8ClNO3/c1-12(2,3)17-11(15)7-5-8(13)9(14)6-10(7)16-4;1-13-7-3-6(10)5(9)2-4(7)8(11)12/h5-6H,14H2,1-4H3;2-3H,10H2,1H3,(H,11,12). The highest BCUT2D eigenvalue weighted by molar-refractivity contribution is 6.33. The van der Waals surface area contributed by atoms with E-state index in [4.69, 9.17) is 54.0 Å². The number of benzene rings is 2. The van der Waals surface area contributed by atoms with Gasteiger partial charge in [0.05, 0.1) is 35.6 Å². The van der Waals surface area contributed by atoms with Crippen molar-refractivity contribution in [3.05, 3.63) is 45.4 Å². The first-order valence-electron chi connectivity index (χ1n) is 8.53. The summed E-state index contributed by atoms with van der Waals surface area (Å²) < 4.78 is 15.1. The number of esters is 1. The van der Waals surface area contributed by atoms with E-state index in [1.54, 1.807) is 20.8 Å². The van der Waals surface area contributed by atoms with Crippen molar-refractivity contribution in [3.8, 4) is 11.5 Å². The molecule has 5 N–H and O–H groups in total. The molecule has 0 saturated heterocycles. The summed E-state index contributed by atoms with van der Waals surface area (Å²) in [6.45, 7) is 5.36. The van der Waals surface area contributed by atoms with Crippen LogP contribution in [0.1, 0.15) is 41.5 Å². The first-order chi connectivity index (χ1) is 13.8. The Kier molecular flexibility index (Phi) is 8.62. The molecule has 2 aromatic rings. The van der Waals surface area contributed by atoms with Crippen molar-refractivity contribution < 1.29 is 28.9 Å². The summed E-state index contributed by atoms with van der Waals surface area (Å²) in [5.74, 6) is -1.04. The number of hydrogen-bond acceptors (Lipinski definition) is 7. The van der Waals surface area contributed by atoms with Crippen LogP contribution < -0.4 is 20.9 Å². The zero-order chi connectivity index (χ0) is 23.2. The average molecular weight is 459 g/mol. The van der Waals surface area contributed by atoms with Gasteiger partial charge in [0.1, 0.15) is 28.2 Å². The highest BCUT2D eigenvalue weighted by Gasteiger charge is 2.22. The van der Waals surface area contributed by atoms with Crippen molar-refractivity contribution in [1.82, 2.24) is 0 Å². The van der Waals surface area contributed by atoms with Crippen LogP contribution in [0.25, 0.3) is 0 Å². The predicted molar refractivity (Wildman–Crippen MR) is 117 cm³/mol. The van der Waals surface area contributed by atoms with E-state index in [1.165, 1.54) is 38.5 Å². The van der Waals surface area contributed by atoms with Crippen molar-refractivity contribution in [2.45, 2.75) is 26.4 Å². The van der Waals surface area contributed by atoms with E-state index in [0.29, 0.717) is 22.1 Å². The van der Waals surface area contributed by atoms with Gasteiger partial charge < -0.3 is 30.8 Å².